The summed E-state index contributed by atoms with van der Waals surface area (Å²) in [5, 5.41) is 6.22. The fraction of sp³-hybridized carbons (Fsp3) is 0.486. The quantitative estimate of drug-likeness (QED) is 0.171. The molecule has 49 heavy (non-hydrogen) atoms. The van der Waals surface area contributed by atoms with E-state index >= 15 is 4.39 Å². The van der Waals surface area contributed by atoms with Crippen molar-refractivity contribution in [3.63, 3.8) is 0 Å². The smallest absolute Gasteiger partial charge is 0.246 e. The number of nitrogens with zero attached hydrogens (tertiary/aromatic N) is 4. The van der Waals surface area contributed by atoms with Crippen molar-refractivity contribution in [2.45, 2.75) is 77.0 Å². The van der Waals surface area contributed by atoms with Gasteiger partial charge < -0.3 is 30.0 Å². The van der Waals surface area contributed by atoms with Gasteiger partial charge in [-0.15, -0.1) is 0 Å². The maximum Gasteiger partial charge on any atom is 0.246 e. The monoisotopic (exact) mass is 683 g/mol. The molecule has 0 radical (unpaired) electrons. The summed E-state index contributed by atoms with van der Waals surface area (Å²) in [5.41, 5.74) is 1.72. The SMILES string of the molecule is CNCC(=O)NC(C(=O)N1CC(F)CC1Cc1c(-c2nc3cc(F)ccc3n2CC2CC(F)CN2C=O)[nH]c2cc(F)ccc12)C(C)(C)C. The largest absolute Gasteiger partial charge is 0.352 e. The van der Waals surface area contributed by atoms with Gasteiger partial charge in [-0.3, -0.25) is 14.4 Å². The van der Waals surface area contributed by atoms with Crippen molar-refractivity contribution in [1.29, 1.82) is 0 Å². The number of carbonyl (C=O) groups is 3. The third kappa shape index (κ3) is 6.87. The van der Waals surface area contributed by atoms with Gasteiger partial charge in [0.25, 0.3) is 0 Å². The average Bonchev–Trinajstić information content (AvgIpc) is 3.78. The molecule has 0 aliphatic carbocycles. The number of alkyl halides is 2. The van der Waals surface area contributed by atoms with Crippen LogP contribution in [0.5, 0.6) is 0 Å². The minimum absolute atomic E-state index is 0.00658. The fourth-order valence-corrected chi connectivity index (χ4v) is 7.26. The summed E-state index contributed by atoms with van der Waals surface area (Å²) >= 11 is 0. The number of halogens is 4. The van der Waals surface area contributed by atoms with E-state index in [2.05, 4.69) is 15.6 Å². The highest BCUT2D eigenvalue weighted by molar-refractivity contribution is 5.92. The van der Waals surface area contributed by atoms with E-state index in [1.54, 1.807) is 23.7 Å². The number of hydrogen-bond donors (Lipinski definition) is 3. The molecule has 262 valence electrons. The summed E-state index contributed by atoms with van der Waals surface area (Å²) in [7, 11) is 1.62. The van der Waals surface area contributed by atoms with Gasteiger partial charge in [0.05, 0.1) is 42.4 Å². The van der Waals surface area contributed by atoms with Crippen LogP contribution in [0, 0.1) is 17.0 Å². The van der Waals surface area contributed by atoms with Gasteiger partial charge in [0.1, 0.15) is 30.0 Å². The van der Waals surface area contributed by atoms with E-state index in [1.807, 2.05) is 20.8 Å². The summed E-state index contributed by atoms with van der Waals surface area (Å²) in [6.45, 7) is 5.45. The number of carbonyl (C=O) groups excluding carboxylic acids is 3. The molecule has 2 aliphatic heterocycles. The summed E-state index contributed by atoms with van der Waals surface area (Å²) < 4.78 is 60.5. The Kier molecular flexibility index (Phi) is 9.44. The van der Waals surface area contributed by atoms with E-state index in [4.69, 9.17) is 4.98 Å². The molecule has 2 aliphatic rings. The normalized spacial score (nSPS) is 22.0. The number of hydrogen-bond acceptors (Lipinski definition) is 5. The summed E-state index contributed by atoms with van der Waals surface area (Å²) in [6, 6.07) is 6.33. The lowest BCUT2D eigenvalue weighted by Crippen LogP contribution is -2.57. The maximum absolute atomic E-state index is 15.3. The first kappa shape index (κ1) is 34.4. The molecule has 2 fully saturated rings. The molecule has 4 heterocycles. The minimum atomic E-state index is -1.31. The molecule has 5 unspecified atom stereocenters. The van der Waals surface area contributed by atoms with E-state index in [1.165, 1.54) is 34.1 Å². The zero-order valence-corrected chi connectivity index (χ0v) is 27.9. The Hall–Kier alpha value is -4.46. The highest BCUT2D eigenvalue weighted by Gasteiger charge is 2.43. The number of rotatable bonds is 10. The number of likely N-dealkylation sites (tertiary alicyclic amines) is 2. The molecule has 14 heteroatoms. The molecule has 4 aromatic rings. The first-order valence-corrected chi connectivity index (χ1v) is 16.5. The van der Waals surface area contributed by atoms with Crippen molar-refractivity contribution in [2.75, 3.05) is 26.7 Å². The number of amides is 3. The first-order valence-electron chi connectivity index (χ1n) is 16.5. The van der Waals surface area contributed by atoms with E-state index in [0.717, 1.165) is 0 Å². The van der Waals surface area contributed by atoms with Crippen LogP contribution in [0.1, 0.15) is 39.2 Å². The van der Waals surface area contributed by atoms with E-state index in [9.17, 15) is 27.6 Å². The van der Waals surface area contributed by atoms with Crippen LogP contribution in [0.4, 0.5) is 17.6 Å². The third-order valence-corrected chi connectivity index (χ3v) is 9.58. The minimum Gasteiger partial charge on any atom is -0.352 e. The molecule has 2 saturated heterocycles. The number of imidazole rings is 1. The number of benzene rings is 2. The van der Waals surface area contributed by atoms with E-state index < -0.39 is 53.4 Å². The lowest BCUT2D eigenvalue weighted by Gasteiger charge is -2.35. The van der Waals surface area contributed by atoms with Gasteiger partial charge in [0.15, 0.2) is 5.82 Å². The van der Waals surface area contributed by atoms with Crippen molar-refractivity contribution < 1.29 is 31.9 Å². The zero-order valence-electron chi connectivity index (χ0n) is 27.9. The molecule has 0 spiro atoms. The molecule has 10 nitrogen and oxygen atoms in total. The van der Waals surface area contributed by atoms with Gasteiger partial charge in [-0.05, 0) is 54.8 Å². The number of likely N-dealkylation sites (N-methyl/N-ethyl adjacent to an activating group) is 1. The van der Waals surface area contributed by atoms with Crippen molar-refractivity contribution in [1.82, 2.24) is 35.0 Å². The Bertz CT molecular complexity index is 1890. The van der Waals surface area contributed by atoms with Crippen LogP contribution in [0.3, 0.4) is 0 Å². The lowest BCUT2D eigenvalue weighted by molar-refractivity contribution is -0.140. The van der Waals surface area contributed by atoms with Gasteiger partial charge in [-0.2, -0.15) is 0 Å². The van der Waals surface area contributed by atoms with E-state index in [-0.39, 0.29) is 51.3 Å². The summed E-state index contributed by atoms with van der Waals surface area (Å²) in [5.74, 6) is -1.43. The van der Waals surface area contributed by atoms with Gasteiger partial charge in [-0.25, -0.2) is 22.5 Å². The number of fused-ring (bicyclic) bond motifs is 2. The molecule has 3 amide bonds. The average molecular weight is 684 g/mol. The van der Waals surface area contributed by atoms with Crippen LogP contribution < -0.4 is 10.6 Å². The second-order valence-corrected chi connectivity index (χ2v) is 14.2. The van der Waals surface area contributed by atoms with Gasteiger partial charge in [0, 0.05) is 42.4 Å². The second-order valence-electron chi connectivity index (χ2n) is 14.2. The van der Waals surface area contributed by atoms with Gasteiger partial charge in [-0.1, -0.05) is 20.8 Å². The highest BCUT2D eigenvalue weighted by Crippen LogP contribution is 2.37. The lowest BCUT2D eigenvalue weighted by atomic mass is 9.85. The molecular formula is C35H41F4N7O3. The Labute approximate surface area is 281 Å². The molecule has 0 saturated carbocycles. The topological polar surface area (TPSA) is 115 Å². The van der Waals surface area contributed by atoms with Crippen LogP contribution >= 0.6 is 0 Å². The Morgan fingerprint density at radius 2 is 1.73 bits per heavy atom. The van der Waals surface area contributed by atoms with Crippen LogP contribution in [0.2, 0.25) is 0 Å². The van der Waals surface area contributed by atoms with Crippen molar-refractivity contribution >= 4 is 40.2 Å². The van der Waals surface area contributed by atoms with Crippen molar-refractivity contribution in [2.24, 2.45) is 5.41 Å². The zero-order chi connectivity index (χ0) is 35.2. The number of aromatic amines is 1. The Morgan fingerprint density at radius 1 is 1.04 bits per heavy atom. The van der Waals surface area contributed by atoms with Crippen molar-refractivity contribution in [3.05, 3.63) is 53.6 Å². The molecule has 2 aromatic carbocycles. The molecular weight excluding hydrogens is 642 g/mol. The fourth-order valence-electron chi connectivity index (χ4n) is 7.26. The van der Waals surface area contributed by atoms with Crippen LogP contribution in [-0.4, -0.2) is 99.7 Å². The molecule has 5 atom stereocenters. The summed E-state index contributed by atoms with van der Waals surface area (Å²) in [4.78, 5) is 49.4. The molecule has 2 aromatic heterocycles. The number of H-pyrrole nitrogens is 1. The van der Waals surface area contributed by atoms with Crippen LogP contribution in [0.25, 0.3) is 33.5 Å². The predicted molar refractivity (Wildman–Crippen MR) is 177 cm³/mol. The standard InChI is InChI=1S/C35H41F4N7O3/c1-35(2,3)32(43-30(48)14-40-4)34(49)45-16-22(39)9-23(45)13-26-25-7-5-19(36)11-27(25)41-31(26)33-42-28-12-20(37)6-8-29(28)46(33)17-24-10-21(38)15-44(24)18-47/h5-8,11-12,18,21-24,32,40-41H,9-10,13-17H2,1-4H3,(H,43,48). The van der Waals surface area contributed by atoms with Gasteiger partial charge in [0.2, 0.25) is 18.2 Å². The van der Waals surface area contributed by atoms with Crippen LogP contribution in [0.15, 0.2) is 36.4 Å². The predicted octanol–water partition coefficient (Wildman–Crippen LogP) is 4.26. The number of nitrogens with one attached hydrogen (secondary N) is 3. The highest BCUT2D eigenvalue weighted by atomic mass is 19.1. The first-order chi connectivity index (χ1) is 23.3. The Balaban J connectivity index is 1.44. The third-order valence-electron chi connectivity index (χ3n) is 9.58. The molecule has 3 N–H and O–H groups in total. The van der Waals surface area contributed by atoms with Crippen LogP contribution in [-0.2, 0) is 27.3 Å². The maximum atomic E-state index is 15.3. The number of aromatic nitrogens is 3. The second kappa shape index (κ2) is 13.4. The molecule has 6 rings (SSSR count). The summed E-state index contributed by atoms with van der Waals surface area (Å²) in [6.07, 6.45) is -1.59. The Morgan fingerprint density at radius 3 is 2.45 bits per heavy atom. The van der Waals surface area contributed by atoms with Crippen molar-refractivity contribution in [3.8, 4) is 11.5 Å². The molecule has 0 bridgehead atoms. The van der Waals surface area contributed by atoms with Gasteiger partial charge >= 0.3 is 0 Å². The van der Waals surface area contributed by atoms with E-state index in [0.29, 0.717) is 45.4 Å².